The number of nitrogens with one attached hydrogen (secondary N) is 1. The lowest BCUT2D eigenvalue weighted by atomic mass is 9.85. The van der Waals surface area contributed by atoms with Crippen molar-refractivity contribution >= 4 is 0 Å². The maximum atomic E-state index is 13.9. The zero-order valence-electron chi connectivity index (χ0n) is 11.7. The highest BCUT2D eigenvalue weighted by Gasteiger charge is 2.21. The van der Waals surface area contributed by atoms with Crippen molar-refractivity contribution in [3.05, 3.63) is 58.9 Å². The van der Waals surface area contributed by atoms with Gasteiger partial charge in [-0.15, -0.1) is 0 Å². The number of hydrogen-bond donors (Lipinski definition) is 1. The molecule has 1 aliphatic carbocycles. The smallest absolute Gasteiger partial charge is 0.195 e. The molecule has 21 heavy (non-hydrogen) atoms. The zero-order chi connectivity index (χ0) is 15.0. The maximum Gasteiger partial charge on any atom is 0.195 e. The molecule has 0 radical (unpaired) electrons. The van der Waals surface area contributed by atoms with Gasteiger partial charge in [0.05, 0.1) is 0 Å². The lowest BCUT2D eigenvalue weighted by Crippen LogP contribution is -2.21. The molecule has 1 N–H and O–H groups in total. The Kier molecular flexibility index (Phi) is 3.72. The lowest BCUT2D eigenvalue weighted by Gasteiger charge is -2.26. The first-order valence-corrected chi connectivity index (χ1v) is 7.05. The number of aryl methyl sites for hydroxylation is 1. The molecule has 1 atom stereocenters. The first-order chi connectivity index (χ1) is 10.1. The van der Waals surface area contributed by atoms with Crippen molar-refractivity contribution in [2.24, 2.45) is 0 Å². The molecule has 110 valence electrons. The molecule has 2 aromatic rings. The van der Waals surface area contributed by atoms with Crippen molar-refractivity contribution in [1.29, 1.82) is 0 Å². The van der Waals surface area contributed by atoms with Crippen LogP contribution in [0.15, 0.2) is 30.3 Å². The van der Waals surface area contributed by atoms with Gasteiger partial charge < -0.3 is 5.32 Å². The van der Waals surface area contributed by atoms with E-state index in [0.29, 0.717) is 5.56 Å². The van der Waals surface area contributed by atoms with Gasteiger partial charge in [0.25, 0.3) is 0 Å². The third kappa shape index (κ3) is 2.44. The summed E-state index contributed by atoms with van der Waals surface area (Å²) in [5.41, 5.74) is 3.02. The highest BCUT2D eigenvalue weighted by molar-refractivity contribution is 5.66. The fourth-order valence-corrected chi connectivity index (χ4v) is 3.02. The molecule has 0 aliphatic heterocycles. The van der Waals surface area contributed by atoms with Crippen molar-refractivity contribution in [2.75, 3.05) is 7.05 Å². The second kappa shape index (κ2) is 5.53. The van der Waals surface area contributed by atoms with Crippen LogP contribution in [0.1, 0.15) is 30.0 Å². The van der Waals surface area contributed by atoms with Crippen molar-refractivity contribution in [2.45, 2.75) is 25.3 Å². The van der Waals surface area contributed by atoms with Gasteiger partial charge in [0.15, 0.2) is 17.5 Å². The minimum absolute atomic E-state index is 0.0946. The summed E-state index contributed by atoms with van der Waals surface area (Å²) >= 11 is 0. The molecule has 0 aromatic heterocycles. The Morgan fingerprint density at radius 1 is 1.05 bits per heavy atom. The number of halogens is 3. The minimum Gasteiger partial charge on any atom is -0.313 e. The maximum absolute atomic E-state index is 13.9. The van der Waals surface area contributed by atoms with Crippen LogP contribution in [-0.2, 0) is 6.42 Å². The summed E-state index contributed by atoms with van der Waals surface area (Å²) in [5, 5.41) is 3.25. The number of benzene rings is 2. The highest BCUT2D eigenvalue weighted by Crippen LogP contribution is 2.34. The Labute approximate surface area is 121 Å². The Morgan fingerprint density at radius 3 is 2.62 bits per heavy atom. The van der Waals surface area contributed by atoms with E-state index in [2.05, 4.69) is 5.32 Å². The number of hydrogen-bond acceptors (Lipinski definition) is 1. The van der Waals surface area contributed by atoms with Gasteiger partial charge >= 0.3 is 0 Å². The Bertz CT molecular complexity index is 682. The topological polar surface area (TPSA) is 12.0 Å². The van der Waals surface area contributed by atoms with Gasteiger partial charge in [-0.2, -0.15) is 0 Å². The Morgan fingerprint density at radius 2 is 1.86 bits per heavy atom. The molecule has 0 saturated carbocycles. The lowest BCUT2D eigenvalue weighted by molar-refractivity contribution is 0.449. The molecule has 0 fully saturated rings. The van der Waals surface area contributed by atoms with E-state index in [1.54, 1.807) is 6.07 Å². The van der Waals surface area contributed by atoms with Gasteiger partial charge in [0.2, 0.25) is 0 Å². The number of fused-ring (bicyclic) bond motifs is 1. The van der Waals surface area contributed by atoms with E-state index in [4.69, 9.17) is 0 Å². The van der Waals surface area contributed by atoms with Gasteiger partial charge in [-0.1, -0.05) is 12.1 Å². The summed E-state index contributed by atoms with van der Waals surface area (Å²) in [7, 11) is 1.89. The third-order valence-corrected chi connectivity index (χ3v) is 4.15. The number of rotatable bonds is 2. The van der Waals surface area contributed by atoms with Crippen LogP contribution in [0.5, 0.6) is 0 Å². The molecule has 1 unspecified atom stereocenters. The van der Waals surface area contributed by atoms with Crippen molar-refractivity contribution < 1.29 is 13.2 Å². The van der Waals surface area contributed by atoms with Crippen LogP contribution in [0, 0.1) is 17.5 Å². The molecule has 0 spiro atoms. The van der Waals surface area contributed by atoms with Crippen LogP contribution >= 0.6 is 0 Å². The second-order valence-corrected chi connectivity index (χ2v) is 5.37. The highest BCUT2D eigenvalue weighted by atomic mass is 19.2. The van der Waals surface area contributed by atoms with Crippen LogP contribution < -0.4 is 5.32 Å². The molecule has 1 aliphatic rings. The standard InChI is InChI=1S/C17H16F3N/c1-21-15-4-2-3-10-5-6-11(9-13(10)15)12-7-8-14(18)17(20)16(12)19/h5-9,15,21H,2-4H2,1H3. The summed E-state index contributed by atoms with van der Waals surface area (Å²) in [6.45, 7) is 0. The zero-order valence-corrected chi connectivity index (χ0v) is 11.7. The molecule has 0 amide bonds. The third-order valence-electron chi connectivity index (χ3n) is 4.15. The first kappa shape index (κ1) is 14.1. The van der Waals surface area contributed by atoms with Crippen molar-refractivity contribution in [1.82, 2.24) is 5.32 Å². The van der Waals surface area contributed by atoms with E-state index in [1.807, 2.05) is 19.2 Å². The van der Waals surface area contributed by atoms with Gasteiger partial charge in [-0.3, -0.25) is 0 Å². The van der Waals surface area contributed by atoms with Gasteiger partial charge in [-0.25, -0.2) is 13.2 Å². The molecule has 2 aromatic carbocycles. The van der Waals surface area contributed by atoms with E-state index in [-0.39, 0.29) is 11.6 Å². The Hall–Kier alpha value is -1.81. The van der Waals surface area contributed by atoms with Crippen LogP contribution in [0.4, 0.5) is 13.2 Å². The average Bonchev–Trinajstić information content (AvgIpc) is 2.51. The Balaban J connectivity index is 2.10. The molecule has 1 nitrogen and oxygen atoms in total. The van der Waals surface area contributed by atoms with E-state index in [0.717, 1.165) is 30.9 Å². The molecule has 0 saturated heterocycles. The molecule has 3 rings (SSSR count). The summed E-state index contributed by atoms with van der Waals surface area (Å²) in [6.07, 6.45) is 3.12. The predicted octanol–water partition coefficient (Wildman–Crippen LogP) is 4.37. The van der Waals surface area contributed by atoms with Gasteiger partial charge in [-0.05, 0) is 61.2 Å². The minimum atomic E-state index is -1.42. The fourth-order valence-electron chi connectivity index (χ4n) is 3.02. The van der Waals surface area contributed by atoms with Crippen LogP contribution in [-0.4, -0.2) is 7.05 Å². The van der Waals surface area contributed by atoms with E-state index in [9.17, 15) is 13.2 Å². The fraction of sp³-hybridized carbons (Fsp3) is 0.294. The van der Waals surface area contributed by atoms with E-state index >= 15 is 0 Å². The van der Waals surface area contributed by atoms with Crippen molar-refractivity contribution in [3.63, 3.8) is 0 Å². The molecular weight excluding hydrogens is 275 g/mol. The molecule has 0 heterocycles. The SMILES string of the molecule is CNC1CCCc2ccc(-c3ccc(F)c(F)c3F)cc21. The van der Waals surface area contributed by atoms with Gasteiger partial charge in [0.1, 0.15) is 0 Å². The largest absolute Gasteiger partial charge is 0.313 e. The predicted molar refractivity (Wildman–Crippen MR) is 76.5 cm³/mol. The summed E-state index contributed by atoms with van der Waals surface area (Å²) in [4.78, 5) is 0. The van der Waals surface area contributed by atoms with E-state index < -0.39 is 17.5 Å². The summed E-state index contributed by atoms with van der Waals surface area (Å²) in [6, 6.07) is 8.07. The molecule has 0 bridgehead atoms. The summed E-state index contributed by atoms with van der Waals surface area (Å²) < 4.78 is 40.4. The quantitative estimate of drug-likeness (QED) is 0.810. The van der Waals surface area contributed by atoms with Crippen LogP contribution in [0.25, 0.3) is 11.1 Å². The first-order valence-electron chi connectivity index (χ1n) is 7.05. The van der Waals surface area contributed by atoms with Crippen LogP contribution in [0.2, 0.25) is 0 Å². The van der Waals surface area contributed by atoms with Crippen LogP contribution in [0.3, 0.4) is 0 Å². The monoisotopic (exact) mass is 291 g/mol. The van der Waals surface area contributed by atoms with E-state index in [1.165, 1.54) is 11.6 Å². The normalized spacial score (nSPS) is 17.6. The molecular formula is C17H16F3N. The summed E-state index contributed by atoms with van der Waals surface area (Å²) in [5.74, 6) is -3.72. The second-order valence-electron chi connectivity index (χ2n) is 5.37. The van der Waals surface area contributed by atoms with Crippen molar-refractivity contribution in [3.8, 4) is 11.1 Å². The molecule has 4 heteroatoms. The van der Waals surface area contributed by atoms with Gasteiger partial charge in [0, 0.05) is 11.6 Å². The average molecular weight is 291 g/mol.